The number of hydrogen-bond donors (Lipinski definition) is 1. The maximum Gasteiger partial charge on any atom is 0.129 e. The van der Waals surface area contributed by atoms with Gasteiger partial charge in [-0.1, -0.05) is 29.8 Å². The average Bonchev–Trinajstić information content (AvgIpc) is 2.18. The van der Waals surface area contributed by atoms with Gasteiger partial charge in [-0.3, -0.25) is 0 Å². The van der Waals surface area contributed by atoms with Gasteiger partial charge in [0, 0.05) is 5.56 Å². The summed E-state index contributed by atoms with van der Waals surface area (Å²) in [6, 6.07) is 12.3. The van der Waals surface area contributed by atoms with Crippen molar-refractivity contribution in [1.29, 1.82) is 0 Å². The molecule has 2 aromatic rings. The number of phenolic OH excluding ortho intramolecular Hbond substituents is 1. The molecule has 14 heavy (non-hydrogen) atoms. The smallest absolute Gasteiger partial charge is 0.129 e. The van der Waals surface area contributed by atoms with Crippen LogP contribution >= 0.6 is 11.6 Å². The first-order valence-corrected chi connectivity index (χ1v) is 4.56. The third-order valence-corrected chi connectivity index (χ3v) is 2.11. The molecule has 0 saturated heterocycles. The van der Waals surface area contributed by atoms with Crippen molar-refractivity contribution in [1.82, 2.24) is 4.98 Å². The van der Waals surface area contributed by atoms with Crippen molar-refractivity contribution in [3.05, 3.63) is 47.6 Å². The summed E-state index contributed by atoms with van der Waals surface area (Å²) >= 11 is 5.75. The van der Waals surface area contributed by atoms with E-state index >= 15 is 0 Å². The summed E-state index contributed by atoms with van der Waals surface area (Å²) in [5.74, 6) is 0.210. The van der Waals surface area contributed by atoms with Crippen molar-refractivity contribution in [2.75, 3.05) is 0 Å². The Kier molecular flexibility index (Phi) is 2.37. The summed E-state index contributed by atoms with van der Waals surface area (Å²) in [4.78, 5) is 4.11. The predicted molar refractivity (Wildman–Crippen MR) is 56.3 cm³/mol. The van der Waals surface area contributed by atoms with Gasteiger partial charge in [-0.05, 0) is 24.3 Å². The molecule has 0 radical (unpaired) electrons. The Balaban J connectivity index is 2.55. The Morgan fingerprint density at radius 2 is 1.79 bits per heavy atom. The van der Waals surface area contributed by atoms with Crippen LogP contribution < -0.4 is 0 Å². The monoisotopic (exact) mass is 205 g/mol. The van der Waals surface area contributed by atoms with Crippen LogP contribution in [0.1, 0.15) is 0 Å². The van der Waals surface area contributed by atoms with Crippen LogP contribution in [0, 0.1) is 0 Å². The van der Waals surface area contributed by atoms with Gasteiger partial charge < -0.3 is 5.11 Å². The number of hydrogen-bond acceptors (Lipinski definition) is 2. The Morgan fingerprint density at radius 1 is 1.00 bits per heavy atom. The molecule has 2 nitrogen and oxygen atoms in total. The van der Waals surface area contributed by atoms with Gasteiger partial charge in [0.25, 0.3) is 0 Å². The lowest BCUT2D eigenvalue weighted by molar-refractivity contribution is 0.477. The van der Waals surface area contributed by atoms with Crippen LogP contribution in [-0.4, -0.2) is 10.1 Å². The van der Waals surface area contributed by atoms with E-state index in [1.165, 1.54) is 0 Å². The van der Waals surface area contributed by atoms with Crippen LogP contribution in [0.5, 0.6) is 5.75 Å². The van der Waals surface area contributed by atoms with E-state index in [0.717, 1.165) is 0 Å². The zero-order valence-corrected chi connectivity index (χ0v) is 8.07. The van der Waals surface area contributed by atoms with Crippen LogP contribution in [0.3, 0.4) is 0 Å². The third-order valence-electron chi connectivity index (χ3n) is 1.90. The van der Waals surface area contributed by atoms with Crippen LogP contribution in [0.2, 0.25) is 5.15 Å². The molecule has 0 saturated carbocycles. The Hall–Kier alpha value is -1.54. The highest BCUT2D eigenvalue weighted by Crippen LogP contribution is 2.27. The van der Waals surface area contributed by atoms with Gasteiger partial charge >= 0.3 is 0 Å². The summed E-state index contributed by atoms with van der Waals surface area (Å²) in [6.07, 6.45) is 0. The fourth-order valence-corrected chi connectivity index (χ4v) is 1.41. The molecule has 0 aliphatic rings. The Bertz CT molecular complexity index is 457. The molecule has 0 aliphatic heterocycles. The lowest BCUT2D eigenvalue weighted by Gasteiger charge is -2.02. The van der Waals surface area contributed by atoms with Gasteiger partial charge in [-0.25, -0.2) is 4.98 Å². The molecule has 1 aromatic carbocycles. The number of rotatable bonds is 1. The minimum atomic E-state index is 0.210. The number of benzene rings is 1. The van der Waals surface area contributed by atoms with Crippen molar-refractivity contribution < 1.29 is 5.11 Å². The lowest BCUT2D eigenvalue weighted by atomic mass is 10.1. The third kappa shape index (κ3) is 1.70. The molecule has 0 unspecified atom stereocenters. The number of phenols is 1. The number of aromatic nitrogens is 1. The quantitative estimate of drug-likeness (QED) is 0.726. The number of pyridine rings is 1. The zero-order valence-electron chi connectivity index (χ0n) is 7.31. The van der Waals surface area contributed by atoms with Crippen LogP contribution in [0.4, 0.5) is 0 Å². The van der Waals surface area contributed by atoms with E-state index in [9.17, 15) is 5.11 Å². The summed E-state index contributed by atoms with van der Waals surface area (Å²) in [5, 5.41) is 9.99. The molecule has 0 amide bonds. The molecule has 2 rings (SSSR count). The van der Waals surface area contributed by atoms with Crippen LogP contribution in [0.25, 0.3) is 11.3 Å². The molecule has 0 bridgehead atoms. The summed E-state index contributed by atoms with van der Waals surface area (Å²) < 4.78 is 0. The Morgan fingerprint density at radius 3 is 2.50 bits per heavy atom. The first-order chi connectivity index (χ1) is 6.77. The molecular weight excluding hydrogens is 198 g/mol. The summed E-state index contributed by atoms with van der Waals surface area (Å²) in [7, 11) is 0. The minimum absolute atomic E-state index is 0.210. The second kappa shape index (κ2) is 3.68. The molecule has 0 spiro atoms. The lowest BCUT2D eigenvalue weighted by Crippen LogP contribution is -1.83. The normalized spacial score (nSPS) is 10.1. The zero-order chi connectivity index (χ0) is 9.97. The Labute approximate surface area is 86.8 Å². The highest BCUT2D eigenvalue weighted by atomic mass is 35.5. The van der Waals surface area contributed by atoms with E-state index in [0.29, 0.717) is 16.4 Å². The fourth-order valence-electron chi connectivity index (χ4n) is 1.25. The highest BCUT2D eigenvalue weighted by molar-refractivity contribution is 6.29. The largest absolute Gasteiger partial charge is 0.507 e. The maximum atomic E-state index is 9.57. The van der Waals surface area contributed by atoms with E-state index in [2.05, 4.69) is 4.98 Å². The van der Waals surface area contributed by atoms with E-state index in [4.69, 9.17) is 11.6 Å². The van der Waals surface area contributed by atoms with Crippen molar-refractivity contribution in [3.8, 4) is 17.0 Å². The first-order valence-electron chi connectivity index (χ1n) is 4.18. The summed E-state index contributed by atoms with van der Waals surface area (Å²) in [5.41, 5.74) is 1.37. The van der Waals surface area contributed by atoms with Gasteiger partial charge in [-0.2, -0.15) is 0 Å². The van der Waals surface area contributed by atoms with Gasteiger partial charge in [-0.15, -0.1) is 0 Å². The molecule has 3 heteroatoms. The average molecular weight is 206 g/mol. The molecule has 0 fully saturated rings. The first kappa shape index (κ1) is 9.03. The van der Waals surface area contributed by atoms with Gasteiger partial charge in [0.1, 0.15) is 10.9 Å². The topological polar surface area (TPSA) is 33.1 Å². The van der Waals surface area contributed by atoms with Crippen molar-refractivity contribution in [2.45, 2.75) is 0 Å². The highest BCUT2D eigenvalue weighted by Gasteiger charge is 2.03. The van der Waals surface area contributed by atoms with Crippen LogP contribution in [-0.2, 0) is 0 Å². The predicted octanol–water partition coefficient (Wildman–Crippen LogP) is 3.11. The van der Waals surface area contributed by atoms with Gasteiger partial charge in [0.15, 0.2) is 0 Å². The van der Waals surface area contributed by atoms with Crippen LogP contribution in [0.15, 0.2) is 42.5 Å². The molecule has 1 aromatic heterocycles. The standard InChI is InChI=1S/C11H8ClNO/c12-11-7-3-5-9(13-11)8-4-1-2-6-10(8)14/h1-7,14H. The number of para-hydroxylation sites is 1. The molecule has 1 heterocycles. The number of aromatic hydroxyl groups is 1. The maximum absolute atomic E-state index is 9.57. The van der Waals surface area contributed by atoms with E-state index in [1.807, 2.05) is 6.07 Å². The van der Waals surface area contributed by atoms with Gasteiger partial charge in [0.2, 0.25) is 0 Å². The molecular formula is C11H8ClNO. The number of halogens is 1. The van der Waals surface area contributed by atoms with E-state index < -0.39 is 0 Å². The molecule has 0 aliphatic carbocycles. The minimum Gasteiger partial charge on any atom is -0.507 e. The van der Waals surface area contributed by atoms with E-state index in [-0.39, 0.29) is 5.75 Å². The number of nitrogens with zero attached hydrogens (tertiary/aromatic N) is 1. The second-order valence-corrected chi connectivity index (χ2v) is 3.25. The second-order valence-electron chi connectivity index (χ2n) is 2.86. The van der Waals surface area contributed by atoms with Crippen molar-refractivity contribution in [3.63, 3.8) is 0 Å². The molecule has 0 atom stereocenters. The molecule has 1 N–H and O–H groups in total. The van der Waals surface area contributed by atoms with E-state index in [1.54, 1.807) is 36.4 Å². The van der Waals surface area contributed by atoms with Crippen molar-refractivity contribution in [2.24, 2.45) is 0 Å². The van der Waals surface area contributed by atoms with Gasteiger partial charge in [0.05, 0.1) is 5.69 Å². The molecule has 70 valence electrons. The van der Waals surface area contributed by atoms with Crippen molar-refractivity contribution >= 4 is 11.6 Å². The fraction of sp³-hybridized carbons (Fsp3) is 0. The summed E-state index contributed by atoms with van der Waals surface area (Å²) in [6.45, 7) is 0. The SMILES string of the molecule is Oc1ccccc1-c1cccc(Cl)n1.